The minimum absolute atomic E-state index is 0.0783. The van der Waals surface area contributed by atoms with Crippen LogP contribution in [0.15, 0.2) is 6.33 Å². The van der Waals surface area contributed by atoms with Crippen molar-refractivity contribution in [1.29, 1.82) is 0 Å². The molecule has 1 aliphatic heterocycles. The van der Waals surface area contributed by atoms with Crippen LogP contribution >= 0.6 is 11.8 Å². The van der Waals surface area contributed by atoms with E-state index < -0.39 is 0 Å². The molecular formula is C10H17N5OS. The topological polar surface area (TPSA) is 77.0 Å². The fourth-order valence-corrected chi connectivity index (χ4v) is 3.00. The largest absolute Gasteiger partial charge is 0.367 e. The molecule has 0 spiro atoms. The molecule has 0 saturated carbocycles. The highest BCUT2D eigenvalue weighted by atomic mass is 32.2. The van der Waals surface area contributed by atoms with Crippen molar-refractivity contribution in [3.8, 4) is 0 Å². The Labute approximate surface area is 105 Å². The summed E-state index contributed by atoms with van der Waals surface area (Å²) in [6.45, 7) is 5.26. The van der Waals surface area contributed by atoms with Crippen LogP contribution in [0.5, 0.6) is 0 Å². The first kappa shape index (κ1) is 12.2. The molecule has 6 nitrogen and oxygen atoms in total. The number of aromatic nitrogens is 3. The van der Waals surface area contributed by atoms with E-state index in [-0.39, 0.29) is 24.4 Å². The fourth-order valence-electron chi connectivity index (χ4n) is 1.90. The number of rotatable bonds is 2. The van der Waals surface area contributed by atoms with Gasteiger partial charge in [0.05, 0.1) is 0 Å². The third kappa shape index (κ3) is 2.71. The third-order valence-corrected chi connectivity index (χ3v) is 4.39. The summed E-state index contributed by atoms with van der Waals surface area (Å²) >= 11 is 1.91. The molecule has 1 aromatic rings. The van der Waals surface area contributed by atoms with Crippen LogP contribution in [0.1, 0.15) is 13.8 Å². The van der Waals surface area contributed by atoms with E-state index in [2.05, 4.69) is 23.9 Å². The van der Waals surface area contributed by atoms with Crippen molar-refractivity contribution in [3.63, 3.8) is 0 Å². The number of thioether (sulfide) groups is 1. The highest BCUT2D eigenvalue weighted by Crippen LogP contribution is 2.24. The number of hydrogen-bond acceptors (Lipinski definition) is 5. The first-order chi connectivity index (χ1) is 8.08. The van der Waals surface area contributed by atoms with Gasteiger partial charge in [-0.25, -0.2) is 9.67 Å². The minimum atomic E-state index is 0.0783. The predicted molar refractivity (Wildman–Crippen MR) is 67.5 cm³/mol. The molecule has 1 aliphatic rings. The second-order valence-corrected chi connectivity index (χ2v) is 5.69. The van der Waals surface area contributed by atoms with Crippen molar-refractivity contribution in [2.24, 2.45) is 0 Å². The zero-order chi connectivity index (χ0) is 12.4. The van der Waals surface area contributed by atoms with Crippen LogP contribution in [0.3, 0.4) is 0 Å². The van der Waals surface area contributed by atoms with E-state index in [1.807, 2.05) is 16.7 Å². The van der Waals surface area contributed by atoms with Crippen LogP contribution in [0.4, 0.5) is 5.95 Å². The molecule has 1 saturated heterocycles. The van der Waals surface area contributed by atoms with Gasteiger partial charge in [0.15, 0.2) is 0 Å². The lowest BCUT2D eigenvalue weighted by atomic mass is 10.2. The van der Waals surface area contributed by atoms with Crippen LogP contribution < -0.4 is 5.73 Å². The number of nitrogens with two attached hydrogens (primary N) is 1. The molecule has 2 atom stereocenters. The Kier molecular flexibility index (Phi) is 3.56. The van der Waals surface area contributed by atoms with Gasteiger partial charge in [-0.05, 0) is 6.92 Å². The Morgan fingerprint density at radius 2 is 2.41 bits per heavy atom. The van der Waals surface area contributed by atoms with Crippen molar-refractivity contribution in [3.05, 3.63) is 6.33 Å². The van der Waals surface area contributed by atoms with E-state index in [4.69, 9.17) is 5.73 Å². The smallest absolute Gasteiger partial charge is 0.244 e. The Morgan fingerprint density at radius 1 is 1.65 bits per heavy atom. The Bertz CT molecular complexity index is 407. The molecule has 0 radical (unpaired) electrons. The number of nitrogen functional groups attached to an aromatic ring is 1. The average Bonchev–Trinajstić information content (AvgIpc) is 2.68. The summed E-state index contributed by atoms with van der Waals surface area (Å²) in [6, 6.07) is 0.266. The highest BCUT2D eigenvalue weighted by Gasteiger charge is 2.28. The van der Waals surface area contributed by atoms with E-state index in [1.165, 1.54) is 11.0 Å². The molecular weight excluding hydrogens is 238 g/mol. The normalized spacial score (nSPS) is 24.9. The molecule has 0 aliphatic carbocycles. The van der Waals surface area contributed by atoms with Gasteiger partial charge in [-0.3, -0.25) is 4.79 Å². The van der Waals surface area contributed by atoms with Crippen molar-refractivity contribution in [1.82, 2.24) is 19.7 Å². The Balaban J connectivity index is 1.99. The Morgan fingerprint density at radius 3 is 3.06 bits per heavy atom. The second-order valence-electron chi connectivity index (χ2n) is 4.20. The quantitative estimate of drug-likeness (QED) is 0.817. The maximum absolute atomic E-state index is 12.1. The number of carbonyl (C=O) groups is 1. The van der Waals surface area contributed by atoms with Gasteiger partial charge in [0.2, 0.25) is 11.9 Å². The molecule has 2 heterocycles. The molecule has 2 unspecified atom stereocenters. The zero-order valence-electron chi connectivity index (χ0n) is 10.0. The Hall–Kier alpha value is -1.24. The van der Waals surface area contributed by atoms with Crippen molar-refractivity contribution in [2.75, 3.05) is 18.0 Å². The van der Waals surface area contributed by atoms with Gasteiger partial charge in [0.1, 0.15) is 12.9 Å². The van der Waals surface area contributed by atoms with Crippen molar-refractivity contribution in [2.45, 2.75) is 31.7 Å². The molecule has 94 valence electrons. The SMILES string of the molecule is CC1SCCN(C(=O)Cn2cnc(N)n2)C1C. The molecule has 7 heteroatoms. The van der Waals surface area contributed by atoms with Gasteiger partial charge < -0.3 is 10.6 Å². The zero-order valence-corrected chi connectivity index (χ0v) is 10.9. The molecule has 2 rings (SSSR count). The molecule has 1 fully saturated rings. The number of amides is 1. The summed E-state index contributed by atoms with van der Waals surface area (Å²) in [4.78, 5) is 17.8. The highest BCUT2D eigenvalue weighted by molar-refractivity contribution is 8.00. The number of nitrogens with zero attached hydrogens (tertiary/aromatic N) is 4. The maximum atomic E-state index is 12.1. The van der Waals surface area contributed by atoms with Gasteiger partial charge in [-0.1, -0.05) is 6.92 Å². The summed E-state index contributed by atoms with van der Waals surface area (Å²) < 4.78 is 1.48. The monoisotopic (exact) mass is 255 g/mol. The minimum Gasteiger partial charge on any atom is -0.367 e. The van der Waals surface area contributed by atoms with Gasteiger partial charge in [-0.15, -0.1) is 5.10 Å². The first-order valence-electron chi connectivity index (χ1n) is 5.64. The van der Waals surface area contributed by atoms with Gasteiger partial charge in [0, 0.05) is 23.6 Å². The predicted octanol–water partition coefficient (Wildman–Crippen LogP) is 0.213. The summed E-state index contributed by atoms with van der Waals surface area (Å²) in [5.74, 6) is 1.28. The molecule has 1 amide bonds. The van der Waals surface area contributed by atoms with Crippen LogP contribution in [0.25, 0.3) is 0 Å². The lowest BCUT2D eigenvalue weighted by Gasteiger charge is -2.37. The van der Waals surface area contributed by atoms with Crippen molar-refractivity contribution >= 4 is 23.6 Å². The summed E-state index contributed by atoms with van der Waals surface area (Å²) in [5.41, 5.74) is 5.41. The lowest BCUT2D eigenvalue weighted by Crippen LogP contribution is -2.49. The fraction of sp³-hybridized carbons (Fsp3) is 0.700. The molecule has 17 heavy (non-hydrogen) atoms. The molecule has 0 bridgehead atoms. The second kappa shape index (κ2) is 4.95. The van der Waals surface area contributed by atoms with Crippen LogP contribution in [0, 0.1) is 0 Å². The molecule has 1 aromatic heterocycles. The summed E-state index contributed by atoms with van der Waals surface area (Å²) in [5, 5.41) is 4.40. The number of anilines is 1. The molecule has 2 N–H and O–H groups in total. The summed E-state index contributed by atoms with van der Waals surface area (Å²) in [6.07, 6.45) is 1.49. The van der Waals surface area contributed by atoms with Crippen LogP contribution in [0.2, 0.25) is 0 Å². The van der Waals surface area contributed by atoms with Gasteiger partial charge >= 0.3 is 0 Å². The van der Waals surface area contributed by atoms with Gasteiger partial charge in [0.25, 0.3) is 0 Å². The van der Waals surface area contributed by atoms with Crippen LogP contribution in [-0.4, -0.2) is 49.2 Å². The first-order valence-corrected chi connectivity index (χ1v) is 6.69. The standard InChI is InChI=1S/C10H17N5OS/c1-7-8(2)17-4-3-15(7)9(16)5-14-6-12-10(11)13-14/h6-8H,3-5H2,1-2H3,(H2,11,13). The molecule has 0 aromatic carbocycles. The maximum Gasteiger partial charge on any atom is 0.244 e. The van der Waals surface area contributed by atoms with Crippen LogP contribution in [-0.2, 0) is 11.3 Å². The summed E-state index contributed by atoms with van der Waals surface area (Å²) in [7, 11) is 0. The van der Waals surface area contributed by atoms with E-state index in [0.717, 1.165) is 12.3 Å². The van der Waals surface area contributed by atoms with Crippen molar-refractivity contribution < 1.29 is 4.79 Å². The van der Waals surface area contributed by atoms with Gasteiger partial charge in [-0.2, -0.15) is 11.8 Å². The van der Waals surface area contributed by atoms with E-state index in [9.17, 15) is 4.79 Å². The lowest BCUT2D eigenvalue weighted by molar-refractivity contribution is -0.133. The third-order valence-electron chi connectivity index (χ3n) is 3.06. The van der Waals surface area contributed by atoms with E-state index in [1.54, 1.807) is 0 Å². The van der Waals surface area contributed by atoms with E-state index >= 15 is 0 Å². The number of carbonyl (C=O) groups excluding carboxylic acids is 1. The number of hydrogen-bond donors (Lipinski definition) is 1. The van der Waals surface area contributed by atoms with E-state index in [0.29, 0.717) is 5.25 Å². The average molecular weight is 255 g/mol.